The van der Waals surface area contributed by atoms with Crippen molar-refractivity contribution in [1.82, 2.24) is 15.5 Å². The molecule has 2 heterocycles. The molecule has 1 aliphatic heterocycles. The number of thiophene rings is 1. The highest BCUT2D eigenvalue weighted by Crippen LogP contribution is 2.14. The van der Waals surface area contributed by atoms with Crippen LogP contribution < -0.4 is 10.6 Å². The first-order valence-corrected chi connectivity index (χ1v) is 7.94. The third kappa shape index (κ3) is 4.51. The third-order valence-electron chi connectivity index (χ3n) is 3.64. The maximum Gasteiger partial charge on any atom is 0.191 e. The fraction of sp³-hybridized carbons (Fsp3) is 0.643. The van der Waals surface area contributed by atoms with Crippen molar-refractivity contribution in [3.63, 3.8) is 0 Å². The number of hydrogen-bond donors (Lipinski definition) is 2. The topological polar surface area (TPSA) is 39.7 Å². The average Bonchev–Trinajstić information content (AvgIpc) is 3.10. The van der Waals surface area contributed by atoms with Gasteiger partial charge in [0.1, 0.15) is 0 Å². The second-order valence-corrected chi connectivity index (χ2v) is 5.77. The van der Waals surface area contributed by atoms with Crippen LogP contribution in [-0.4, -0.2) is 44.1 Å². The zero-order valence-electron chi connectivity index (χ0n) is 11.9. The molecule has 4 nitrogen and oxygen atoms in total. The highest BCUT2D eigenvalue weighted by atomic mass is 32.1. The van der Waals surface area contributed by atoms with Gasteiger partial charge in [0, 0.05) is 26.7 Å². The summed E-state index contributed by atoms with van der Waals surface area (Å²) in [6.07, 6.45) is 1.29. The van der Waals surface area contributed by atoms with Crippen LogP contribution in [0.4, 0.5) is 0 Å². The molecule has 1 aromatic heterocycles. The van der Waals surface area contributed by atoms with Gasteiger partial charge in [-0.1, -0.05) is 6.92 Å². The number of likely N-dealkylation sites (tertiary alicyclic amines) is 1. The predicted octanol–water partition coefficient (Wildman–Crippen LogP) is 1.75. The molecule has 2 N–H and O–H groups in total. The number of rotatable bonds is 5. The standard InChI is InChI=1S/C14H24N4S/c1-3-18-6-4-12(10-18)8-16-14(15-2)17-9-13-5-7-19-11-13/h5,7,11-12H,3-4,6,8-10H2,1-2H3,(H2,15,16,17). The van der Waals surface area contributed by atoms with Crippen molar-refractivity contribution >= 4 is 17.3 Å². The lowest BCUT2D eigenvalue weighted by Gasteiger charge is -2.16. The largest absolute Gasteiger partial charge is 0.356 e. The molecule has 0 spiro atoms. The second-order valence-electron chi connectivity index (χ2n) is 4.99. The lowest BCUT2D eigenvalue weighted by atomic mass is 10.1. The molecule has 0 aromatic carbocycles. The molecule has 2 rings (SSSR count). The maximum absolute atomic E-state index is 4.27. The average molecular weight is 280 g/mol. The van der Waals surface area contributed by atoms with Crippen LogP contribution >= 0.6 is 11.3 Å². The van der Waals surface area contributed by atoms with E-state index in [1.165, 1.54) is 31.6 Å². The van der Waals surface area contributed by atoms with Crippen molar-refractivity contribution in [3.8, 4) is 0 Å². The Kier molecular flexibility index (Phi) is 5.66. The van der Waals surface area contributed by atoms with E-state index in [1.54, 1.807) is 11.3 Å². The molecular formula is C14H24N4S. The first kappa shape index (κ1) is 14.3. The predicted molar refractivity (Wildman–Crippen MR) is 82.7 cm³/mol. The minimum Gasteiger partial charge on any atom is -0.356 e. The lowest BCUT2D eigenvalue weighted by Crippen LogP contribution is -2.39. The molecule has 106 valence electrons. The van der Waals surface area contributed by atoms with Crippen LogP contribution in [0.2, 0.25) is 0 Å². The summed E-state index contributed by atoms with van der Waals surface area (Å²) < 4.78 is 0. The summed E-state index contributed by atoms with van der Waals surface area (Å²) in [5.74, 6) is 1.65. The normalized spacial score (nSPS) is 20.7. The van der Waals surface area contributed by atoms with Crippen molar-refractivity contribution < 1.29 is 0 Å². The Labute approximate surface area is 119 Å². The quantitative estimate of drug-likeness (QED) is 0.638. The minimum atomic E-state index is 0.750. The van der Waals surface area contributed by atoms with Gasteiger partial charge in [-0.05, 0) is 47.8 Å². The Hall–Kier alpha value is -1.07. The minimum absolute atomic E-state index is 0.750. The molecular weight excluding hydrogens is 256 g/mol. The van der Waals surface area contributed by atoms with Crippen LogP contribution in [0.25, 0.3) is 0 Å². The Morgan fingerprint density at radius 1 is 1.53 bits per heavy atom. The number of hydrogen-bond acceptors (Lipinski definition) is 3. The van der Waals surface area contributed by atoms with Gasteiger partial charge in [-0.3, -0.25) is 4.99 Å². The Morgan fingerprint density at radius 3 is 3.05 bits per heavy atom. The lowest BCUT2D eigenvalue weighted by molar-refractivity contribution is 0.342. The van der Waals surface area contributed by atoms with E-state index in [-0.39, 0.29) is 0 Å². The fourth-order valence-electron chi connectivity index (χ4n) is 2.41. The van der Waals surface area contributed by atoms with E-state index in [9.17, 15) is 0 Å². The number of guanidine groups is 1. The SMILES string of the molecule is CCN1CCC(CNC(=NC)NCc2ccsc2)C1. The molecule has 1 atom stereocenters. The monoisotopic (exact) mass is 280 g/mol. The Morgan fingerprint density at radius 2 is 2.42 bits per heavy atom. The smallest absolute Gasteiger partial charge is 0.191 e. The van der Waals surface area contributed by atoms with Crippen LogP contribution in [0, 0.1) is 5.92 Å². The van der Waals surface area contributed by atoms with Crippen LogP contribution in [0.3, 0.4) is 0 Å². The summed E-state index contributed by atoms with van der Waals surface area (Å²) >= 11 is 1.73. The third-order valence-corrected chi connectivity index (χ3v) is 4.37. The fourth-order valence-corrected chi connectivity index (χ4v) is 3.08. The summed E-state index contributed by atoms with van der Waals surface area (Å²) in [6.45, 7) is 7.71. The summed E-state index contributed by atoms with van der Waals surface area (Å²) in [7, 11) is 1.83. The molecule has 1 saturated heterocycles. The van der Waals surface area contributed by atoms with E-state index in [0.29, 0.717) is 0 Å². The number of nitrogens with zero attached hydrogens (tertiary/aromatic N) is 2. The first-order chi connectivity index (χ1) is 9.31. The van der Waals surface area contributed by atoms with Crippen molar-refractivity contribution in [2.45, 2.75) is 19.9 Å². The van der Waals surface area contributed by atoms with Gasteiger partial charge in [-0.25, -0.2) is 0 Å². The molecule has 0 aliphatic carbocycles. The van der Waals surface area contributed by atoms with Gasteiger partial charge in [-0.2, -0.15) is 11.3 Å². The number of nitrogens with one attached hydrogen (secondary N) is 2. The molecule has 0 saturated carbocycles. The van der Waals surface area contributed by atoms with Crippen LogP contribution in [-0.2, 0) is 6.54 Å². The van der Waals surface area contributed by atoms with Crippen molar-refractivity contribution in [3.05, 3.63) is 22.4 Å². The van der Waals surface area contributed by atoms with E-state index in [0.717, 1.165) is 25.0 Å². The molecule has 19 heavy (non-hydrogen) atoms. The molecule has 5 heteroatoms. The molecule has 0 bridgehead atoms. The summed E-state index contributed by atoms with van der Waals surface area (Å²) in [6, 6.07) is 2.14. The Bertz CT molecular complexity index is 388. The van der Waals surface area contributed by atoms with E-state index in [2.05, 4.69) is 44.3 Å². The molecule has 1 aromatic rings. The van der Waals surface area contributed by atoms with Gasteiger partial charge < -0.3 is 15.5 Å². The van der Waals surface area contributed by atoms with Gasteiger partial charge in [0.15, 0.2) is 5.96 Å². The summed E-state index contributed by atoms with van der Waals surface area (Å²) in [5.41, 5.74) is 1.31. The van der Waals surface area contributed by atoms with Crippen molar-refractivity contribution in [2.24, 2.45) is 10.9 Å². The van der Waals surface area contributed by atoms with E-state index < -0.39 is 0 Å². The van der Waals surface area contributed by atoms with E-state index in [4.69, 9.17) is 0 Å². The highest BCUT2D eigenvalue weighted by Gasteiger charge is 2.20. The van der Waals surface area contributed by atoms with Gasteiger partial charge in [-0.15, -0.1) is 0 Å². The van der Waals surface area contributed by atoms with E-state index >= 15 is 0 Å². The first-order valence-electron chi connectivity index (χ1n) is 6.99. The van der Waals surface area contributed by atoms with Crippen molar-refractivity contribution in [1.29, 1.82) is 0 Å². The van der Waals surface area contributed by atoms with Crippen LogP contribution in [0.15, 0.2) is 21.8 Å². The maximum atomic E-state index is 4.27. The second kappa shape index (κ2) is 7.50. The molecule has 1 fully saturated rings. The van der Waals surface area contributed by atoms with Crippen molar-refractivity contribution in [2.75, 3.05) is 33.2 Å². The Balaban J connectivity index is 1.68. The zero-order chi connectivity index (χ0) is 13.5. The summed E-state index contributed by atoms with van der Waals surface area (Å²) in [5, 5.41) is 11.1. The number of aliphatic imine (C=N–C) groups is 1. The molecule has 1 aliphatic rings. The van der Waals surface area contributed by atoms with Crippen LogP contribution in [0.5, 0.6) is 0 Å². The van der Waals surface area contributed by atoms with Gasteiger partial charge in [0.2, 0.25) is 0 Å². The molecule has 0 radical (unpaired) electrons. The highest BCUT2D eigenvalue weighted by molar-refractivity contribution is 7.07. The van der Waals surface area contributed by atoms with Gasteiger partial charge >= 0.3 is 0 Å². The zero-order valence-corrected chi connectivity index (χ0v) is 12.7. The van der Waals surface area contributed by atoms with E-state index in [1.807, 2.05) is 7.05 Å². The molecule has 0 amide bonds. The van der Waals surface area contributed by atoms with Gasteiger partial charge in [0.05, 0.1) is 0 Å². The molecule has 1 unspecified atom stereocenters. The summed E-state index contributed by atoms with van der Waals surface area (Å²) in [4.78, 5) is 6.78. The van der Waals surface area contributed by atoms with Crippen LogP contribution in [0.1, 0.15) is 18.9 Å². The van der Waals surface area contributed by atoms with Gasteiger partial charge in [0.25, 0.3) is 0 Å².